The molecule has 0 saturated carbocycles. The van der Waals surface area contributed by atoms with Crippen LogP contribution in [0, 0.1) is 0 Å². The van der Waals surface area contributed by atoms with Crippen LogP contribution in [0.2, 0.25) is 0 Å². The first-order valence-corrected chi connectivity index (χ1v) is 10.1. The Hall–Kier alpha value is -2.34. The van der Waals surface area contributed by atoms with Crippen LogP contribution in [0.1, 0.15) is 37.7 Å². The van der Waals surface area contributed by atoms with E-state index in [0.29, 0.717) is 0 Å². The van der Waals surface area contributed by atoms with Gasteiger partial charge in [-0.3, -0.25) is 4.99 Å². The van der Waals surface area contributed by atoms with Crippen LogP contribution in [-0.2, 0) is 6.54 Å². The lowest BCUT2D eigenvalue weighted by molar-refractivity contribution is 0.282. The number of hydrogen-bond donors (Lipinski definition) is 2. The number of nitrogens with zero attached hydrogens (tertiary/aromatic N) is 4. The minimum atomic E-state index is 0.737. The molecule has 146 valence electrons. The average Bonchev–Trinajstić information content (AvgIpc) is 3.12. The Morgan fingerprint density at radius 1 is 1.11 bits per heavy atom. The highest BCUT2D eigenvalue weighted by Crippen LogP contribution is 2.10. The van der Waals surface area contributed by atoms with Crippen molar-refractivity contribution in [3.05, 3.63) is 48.3 Å². The van der Waals surface area contributed by atoms with Gasteiger partial charge in [0.15, 0.2) is 5.96 Å². The maximum absolute atomic E-state index is 4.34. The van der Waals surface area contributed by atoms with E-state index in [0.717, 1.165) is 31.2 Å². The van der Waals surface area contributed by atoms with E-state index in [1.54, 1.807) is 6.20 Å². The smallest absolute Gasteiger partial charge is 0.191 e. The number of nitrogens with one attached hydrogen (secondary N) is 2. The molecular formula is C21H32N6. The number of aromatic nitrogens is 2. The molecule has 0 unspecified atom stereocenters. The van der Waals surface area contributed by atoms with Crippen molar-refractivity contribution in [2.45, 2.75) is 38.6 Å². The molecular weight excluding hydrogens is 336 g/mol. The number of aliphatic imine (C=N–C) groups is 1. The number of benzene rings is 1. The van der Waals surface area contributed by atoms with Crippen LogP contribution in [0.25, 0.3) is 5.69 Å². The van der Waals surface area contributed by atoms with Crippen molar-refractivity contribution < 1.29 is 0 Å². The van der Waals surface area contributed by atoms with Crippen molar-refractivity contribution in [2.75, 3.05) is 33.2 Å². The van der Waals surface area contributed by atoms with E-state index in [-0.39, 0.29) is 0 Å². The normalized spacial score (nSPS) is 16.1. The zero-order valence-electron chi connectivity index (χ0n) is 16.4. The molecule has 2 N–H and O–H groups in total. The van der Waals surface area contributed by atoms with Crippen LogP contribution in [0.3, 0.4) is 0 Å². The van der Waals surface area contributed by atoms with Gasteiger partial charge in [-0.25, -0.2) is 4.68 Å². The zero-order chi connectivity index (χ0) is 18.7. The van der Waals surface area contributed by atoms with E-state index in [1.165, 1.54) is 50.9 Å². The molecule has 0 aliphatic carbocycles. The van der Waals surface area contributed by atoms with Crippen LogP contribution in [0.15, 0.2) is 47.7 Å². The summed E-state index contributed by atoms with van der Waals surface area (Å²) in [5.74, 6) is 0.857. The summed E-state index contributed by atoms with van der Waals surface area (Å²) in [6, 6.07) is 10.3. The Labute approximate surface area is 162 Å². The minimum Gasteiger partial charge on any atom is -0.356 e. The molecule has 27 heavy (non-hydrogen) atoms. The molecule has 1 aliphatic heterocycles. The molecule has 6 heteroatoms. The third-order valence-corrected chi connectivity index (χ3v) is 5.01. The van der Waals surface area contributed by atoms with Crippen molar-refractivity contribution in [3.63, 3.8) is 0 Å². The topological polar surface area (TPSA) is 57.5 Å². The summed E-state index contributed by atoms with van der Waals surface area (Å²) in [5, 5.41) is 11.1. The third kappa shape index (κ3) is 6.40. The molecule has 1 fully saturated rings. The van der Waals surface area contributed by atoms with Gasteiger partial charge in [0.1, 0.15) is 0 Å². The largest absolute Gasteiger partial charge is 0.356 e. The van der Waals surface area contributed by atoms with Gasteiger partial charge >= 0.3 is 0 Å². The fourth-order valence-electron chi connectivity index (χ4n) is 3.51. The molecule has 1 aromatic carbocycles. The Morgan fingerprint density at radius 2 is 1.96 bits per heavy atom. The van der Waals surface area contributed by atoms with Crippen LogP contribution in [-0.4, -0.2) is 53.9 Å². The molecule has 3 rings (SSSR count). The van der Waals surface area contributed by atoms with Crippen LogP contribution in [0.4, 0.5) is 0 Å². The van der Waals surface area contributed by atoms with E-state index >= 15 is 0 Å². The van der Waals surface area contributed by atoms with Crippen molar-refractivity contribution in [3.8, 4) is 5.69 Å². The predicted molar refractivity (Wildman–Crippen MR) is 111 cm³/mol. The van der Waals surface area contributed by atoms with Gasteiger partial charge in [0, 0.05) is 32.5 Å². The molecule has 0 spiro atoms. The molecule has 6 nitrogen and oxygen atoms in total. The number of likely N-dealkylation sites (tertiary alicyclic amines) is 1. The second-order valence-corrected chi connectivity index (χ2v) is 7.08. The SMILES string of the molecule is CN=C(NCCCN1CCCCCC1)NCc1cccc(-n2cccn2)c1. The Balaban J connectivity index is 1.39. The molecule has 0 radical (unpaired) electrons. The van der Waals surface area contributed by atoms with Gasteiger partial charge in [-0.1, -0.05) is 25.0 Å². The van der Waals surface area contributed by atoms with Crippen molar-refractivity contribution in [2.24, 2.45) is 4.99 Å². The molecule has 0 bridgehead atoms. The van der Waals surface area contributed by atoms with Crippen molar-refractivity contribution >= 4 is 5.96 Å². The number of guanidine groups is 1. The minimum absolute atomic E-state index is 0.737. The molecule has 1 saturated heterocycles. The summed E-state index contributed by atoms with van der Waals surface area (Å²) >= 11 is 0. The molecule has 0 atom stereocenters. The summed E-state index contributed by atoms with van der Waals surface area (Å²) in [6.07, 6.45) is 10.4. The van der Waals surface area contributed by atoms with E-state index in [2.05, 4.69) is 49.9 Å². The first-order valence-electron chi connectivity index (χ1n) is 10.1. The lowest BCUT2D eigenvalue weighted by Gasteiger charge is -2.20. The van der Waals surface area contributed by atoms with Gasteiger partial charge in [0.05, 0.1) is 5.69 Å². The van der Waals surface area contributed by atoms with Gasteiger partial charge in [-0.15, -0.1) is 0 Å². The zero-order valence-corrected chi connectivity index (χ0v) is 16.4. The summed E-state index contributed by atoms with van der Waals surface area (Å²) in [6.45, 7) is 5.39. The van der Waals surface area contributed by atoms with Gasteiger partial charge in [-0.05, 0) is 62.7 Å². The maximum atomic E-state index is 4.34. The highest BCUT2D eigenvalue weighted by Gasteiger charge is 2.08. The monoisotopic (exact) mass is 368 g/mol. The quantitative estimate of drug-likeness (QED) is 0.448. The fraction of sp³-hybridized carbons (Fsp3) is 0.524. The fourth-order valence-corrected chi connectivity index (χ4v) is 3.51. The van der Waals surface area contributed by atoms with E-state index in [4.69, 9.17) is 0 Å². The lowest BCUT2D eigenvalue weighted by atomic mass is 10.2. The summed E-state index contributed by atoms with van der Waals surface area (Å²) in [7, 11) is 1.82. The Bertz CT molecular complexity index is 686. The predicted octanol–water partition coefficient (Wildman–Crippen LogP) is 2.80. The Morgan fingerprint density at radius 3 is 2.70 bits per heavy atom. The Kier molecular flexibility index (Phi) is 7.71. The summed E-state index contributed by atoms with van der Waals surface area (Å²) in [4.78, 5) is 6.94. The first kappa shape index (κ1) is 19.4. The van der Waals surface area contributed by atoms with Gasteiger partial charge < -0.3 is 15.5 Å². The van der Waals surface area contributed by atoms with E-state index in [1.807, 2.05) is 24.0 Å². The van der Waals surface area contributed by atoms with Crippen molar-refractivity contribution in [1.82, 2.24) is 25.3 Å². The van der Waals surface area contributed by atoms with E-state index in [9.17, 15) is 0 Å². The summed E-state index contributed by atoms with van der Waals surface area (Å²) in [5.41, 5.74) is 2.27. The molecule has 2 aromatic rings. The number of rotatable bonds is 7. The molecule has 1 aliphatic rings. The van der Waals surface area contributed by atoms with Crippen molar-refractivity contribution in [1.29, 1.82) is 0 Å². The van der Waals surface area contributed by atoms with Crippen LogP contribution >= 0.6 is 0 Å². The van der Waals surface area contributed by atoms with Gasteiger partial charge in [0.25, 0.3) is 0 Å². The second kappa shape index (κ2) is 10.7. The lowest BCUT2D eigenvalue weighted by Crippen LogP contribution is -2.38. The number of hydrogen-bond acceptors (Lipinski definition) is 3. The second-order valence-electron chi connectivity index (χ2n) is 7.08. The standard InChI is InChI=1S/C21H32N6/c1-22-21(23-11-7-15-26-13-4-2-3-5-14-26)24-18-19-9-6-10-20(17-19)27-16-8-12-25-27/h6,8-10,12,16-17H,2-5,7,11,13-15,18H2,1H3,(H2,22,23,24). The van der Waals surface area contributed by atoms with Gasteiger partial charge in [0.2, 0.25) is 0 Å². The molecule has 0 amide bonds. The average molecular weight is 369 g/mol. The van der Waals surface area contributed by atoms with Gasteiger partial charge in [-0.2, -0.15) is 5.10 Å². The third-order valence-electron chi connectivity index (χ3n) is 5.01. The molecule has 2 heterocycles. The van der Waals surface area contributed by atoms with E-state index < -0.39 is 0 Å². The summed E-state index contributed by atoms with van der Waals surface area (Å²) < 4.78 is 1.87. The first-order chi connectivity index (χ1) is 13.3. The van der Waals surface area contributed by atoms with Crippen LogP contribution < -0.4 is 10.6 Å². The molecule has 1 aromatic heterocycles. The highest BCUT2D eigenvalue weighted by molar-refractivity contribution is 5.79. The maximum Gasteiger partial charge on any atom is 0.191 e. The highest BCUT2D eigenvalue weighted by atomic mass is 15.3. The van der Waals surface area contributed by atoms with Crippen LogP contribution in [0.5, 0.6) is 0 Å².